The molecule has 1 aromatic rings. The number of rotatable bonds is 3. The molecule has 1 heterocycles. The normalized spacial score (nSPS) is 22.7. The third kappa shape index (κ3) is 3.15. The molecule has 1 amide bonds. The number of methoxy groups -OCH3 is 1. The summed E-state index contributed by atoms with van der Waals surface area (Å²) in [5.41, 5.74) is 6.41. The van der Waals surface area contributed by atoms with Gasteiger partial charge in [0.15, 0.2) is 0 Å². The number of nitrogens with zero attached hydrogens (tertiary/aromatic N) is 1. The van der Waals surface area contributed by atoms with Crippen molar-refractivity contribution in [3.8, 4) is 5.75 Å². The van der Waals surface area contributed by atoms with E-state index in [1.807, 2.05) is 17.0 Å². The molecular weight excluding hydrogens is 320 g/mol. The number of benzene rings is 1. The fourth-order valence-corrected chi connectivity index (χ4v) is 2.99. The Morgan fingerprint density at radius 3 is 2.95 bits per heavy atom. The zero-order valence-corrected chi connectivity index (χ0v) is 13.5. The topological polar surface area (TPSA) is 55.6 Å². The summed E-state index contributed by atoms with van der Waals surface area (Å²) in [5.74, 6) is 1.59. The predicted molar refractivity (Wildman–Crippen MR) is 82.9 cm³/mol. The summed E-state index contributed by atoms with van der Waals surface area (Å²) in [4.78, 5) is 14.5. The fraction of sp³-hybridized carbons (Fsp3) is 0.533. The number of carbonyl (C=O) groups is 1. The smallest absolute Gasteiger partial charge is 0.257 e. The third-order valence-corrected chi connectivity index (χ3v) is 4.59. The maximum absolute atomic E-state index is 12.6. The molecule has 2 atom stereocenters. The number of ether oxygens (including phenoxy) is 1. The lowest BCUT2D eigenvalue weighted by Gasteiger charge is -2.36. The van der Waals surface area contributed by atoms with Crippen molar-refractivity contribution >= 4 is 21.8 Å². The highest BCUT2D eigenvalue weighted by molar-refractivity contribution is 9.10. The van der Waals surface area contributed by atoms with Crippen molar-refractivity contribution in [1.82, 2.24) is 4.90 Å². The lowest BCUT2D eigenvalue weighted by atomic mass is 9.87. The van der Waals surface area contributed by atoms with E-state index in [1.54, 1.807) is 13.2 Å². The Kier molecular flexibility index (Phi) is 5.05. The maximum atomic E-state index is 12.6. The van der Waals surface area contributed by atoms with Crippen LogP contribution in [0.15, 0.2) is 22.7 Å². The fourth-order valence-electron chi connectivity index (χ4n) is 2.65. The van der Waals surface area contributed by atoms with Crippen LogP contribution in [0.25, 0.3) is 0 Å². The summed E-state index contributed by atoms with van der Waals surface area (Å²) in [6.45, 7) is 4.35. The van der Waals surface area contributed by atoms with Gasteiger partial charge in [-0.2, -0.15) is 0 Å². The number of hydrogen-bond donors (Lipinski definition) is 1. The van der Waals surface area contributed by atoms with Crippen LogP contribution in [0.4, 0.5) is 0 Å². The van der Waals surface area contributed by atoms with Gasteiger partial charge >= 0.3 is 0 Å². The monoisotopic (exact) mass is 340 g/mol. The molecule has 0 spiro atoms. The van der Waals surface area contributed by atoms with Crippen molar-refractivity contribution in [2.75, 3.05) is 26.7 Å². The first-order chi connectivity index (χ1) is 9.56. The van der Waals surface area contributed by atoms with Crippen molar-refractivity contribution < 1.29 is 9.53 Å². The van der Waals surface area contributed by atoms with E-state index in [0.29, 0.717) is 29.7 Å². The molecule has 0 bridgehead atoms. The Morgan fingerprint density at radius 2 is 2.30 bits per heavy atom. The number of likely N-dealkylation sites (tertiary alicyclic amines) is 1. The van der Waals surface area contributed by atoms with E-state index >= 15 is 0 Å². The SMILES string of the molecule is COc1cc(Br)ccc1C(=O)N1CCC(C)C(CN)C1. The summed E-state index contributed by atoms with van der Waals surface area (Å²) in [6, 6.07) is 5.49. The van der Waals surface area contributed by atoms with Gasteiger partial charge in [0, 0.05) is 17.6 Å². The second-order valence-electron chi connectivity index (χ2n) is 5.36. The van der Waals surface area contributed by atoms with Gasteiger partial charge in [-0.05, 0) is 43.0 Å². The second-order valence-corrected chi connectivity index (χ2v) is 6.27. The number of carbonyl (C=O) groups excluding carboxylic acids is 1. The van der Waals surface area contributed by atoms with Gasteiger partial charge in [0.2, 0.25) is 0 Å². The first-order valence-electron chi connectivity index (χ1n) is 6.89. The second kappa shape index (κ2) is 6.59. The van der Waals surface area contributed by atoms with Crippen LogP contribution in [0, 0.1) is 11.8 Å². The molecule has 2 unspecified atom stereocenters. The minimum absolute atomic E-state index is 0.0275. The summed E-state index contributed by atoms with van der Waals surface area (Å²) >= 11 is 3.39. The highest BCUT2D eigenvalue weighted by Gasteiger charge is 2.29. The van der Waals surface area contributed by atoms with Gasteiger partial charge in [0.05, 0.1) is 12.7 Å². The zero-order chi connectivity index (χ0) is 14.7. The van der Waals surface area contributed by atoms with Crippen LogP contribution in [0.1, 0.15) is 23.7 Å². The average molecular weight is 341 g/mol. The summed E-state index contributed by atoms with van der Waals surface area (Å²) < 4.78 is 6.21. The van der Waals surface area contributed by atoms with E-state index in [1.165, 1.54) is 0 Å². The Bertz CT molecular complexity index is 493. The lowest BCUT2D eigenvalue weighted by molar-refractivity contribution is 0.0615. The number of piperidine rings is 1. The Morgan fingerprint density at radius 1 is 1.55 bits per heavy atom. The van der Waals surface area contributed by atoms with Crippen molar-refractivity contribution in [3.63, 3.8) is 0 Å². The van der Waals surface area contributed by atoms with E-state index in [4.69, 9.17) is 10.5 Å². The molecule has 0 saturated carbocycles. The highest BCUT2D eigenvalue weighted by atomic mass is 79.9. The standard InChI is InChI=1S/C15H21BrN2O2/c1-10-5-6-18(9-11(10)8-17)15(19)13-4-3-12(16)7-14(13)20-2/h3-4,7,10-11H,5-6,8-9,17H2,1-2H3. The molecule has 0 aliphatic carbocycles. The van der Waals surface area contributed by atoms with Gasteiger partial charge in [0.25, 0.3) is 5.91 Å². The predicted octanol–water partition coefficient (Wildman–Crippen LogP) is 2.51. The molecule has 20 heavy (non-hydrogen) atoms. The summed E-state index contributed by atoms with van der Waals surface area (Å²) in [6.07, 6.45) is 1.01. The van der Waals surface area contributed by atoms with Crippen LogP contribution >= 0.6 is 15.9 Å². The molecule has 1 saturated heterocycles. The third-order valence-electron chi connectivity index (χ3n) is 4.10. The molecule has 5 heteroatoms. The molecular formula is C15H21BrN2O2. The molecule has 0 aromatic heterocycles. The van der Waals surface area contributed by atoms with E-state index in [0.717, 1.165) is 24.0 Å². The average Bonchev–Trinajstić information content (AvgIpc) is 2.46. The van der Waals surface area contributed by atoms with Gasteiger partial charge in [0.1, 0.15) is 5.75 Å². The number of amides is 1. The molecule has 2 rings (SSSR count). The first-order valence-corrected chi connectivity index (χ1v) is 7.69. The van der Waals surface area contributed by atoms with Gasteiger partial charge < -0.3 is 15.4 Å². The largest absolute Gasteiger partial charge is 0.496 e. The molecule has 1 aliphatic rings. The molecule has 4 nitrogen and oxygen atoms in total. The van der Waals surface area contributed by atoms with E-state index in [9.17, 15) is 4.79 Å². The van der Waals surface area contributed by atoms with E-state index < -0.39 is 0 Å². The quantitative estimate of drug-likeness (QED) is 0.919. The Balaban J connectivity index is 2.19. The molecule has 1 aliphatic heterocycles. The van der Waals surface area contributed by atoms with Gasteiger partial charge in [-0.15, -0.1) is 0 Å². The van der Waals surface area contributed by atoms with Crippen molar-refractivity contribution in [2.45, 2.75) is 13.3 Å². The van der Waals surface area contributed by atoms with Crippen molar-refractivity contribution in [2.24, 2.45) is 17.6 Å². The summed E-state index contributed by atoms with van der Waals surface area (Å²) in [5, 5.41) is 0. The van der Waals surface area contributed by atoms with Crippen LogP contribution < -0.4 is 10.5 Å². The maximum Gasteiger partial charge on any atom is 0.257 e. The van der Waals surface area contributed by atoms with E-state index in [-0.39, 0.29) is 5.91 Å². The molecule has 110 valence electrons. The van der Waals surface area contributed by atoms with Crippen molar-refractivity contribution in [1.29, 1.82) is 0 Å². The van der Waals surface area contributed by atoms with Crippen LogP contribution in [-0.4, -0.2) is 37.6 Å². The van der Waals surface area contributed by atoms with Crippen LogP contribution in [0.3, 0.4) is 0 Å². The van der Waals surface area contributed by atoms with Crippen LogP contribution in [-0.2, 0) is 0 Å². The van der Waals surface area contributed by atoms with Crippen molar-refractivity contribution in [3.05, 3.63) is 28.2 Å². The van der Waals surface area contributed by atoms with Crippen LogP contribution in [0.2, 0.25) is 0 Å². The van der Waals surface area contributed by atoms with Gasteiger partial charge in [-0.3, -0.25) is 4.79 Å². The van der Waals surface area contributed by atoms with Gasteiger partial charge in [-0.25, -0.2) is 0 Å². The van der Waals surface area contributed by atoms with Crippen LogP contribution in [0.5, 0.6) is 5.75 Å². The first kappa shape index (κ1) is 15.3. The number of halogens is 1. The molecule has 0 radical (unpaired) electrons. The van der Waals surface area contributed by atoms with E-state index in [2.05, 4.69) is 22.9 Å². The number of hydrogen-bond acceptors (Lipinski definition) is 3. The number of nitrogens with two attached hydrogens (primary N) is 1. The molecule has 2 N–H and O–H groups in total. The Hall–Kier alpha value is -1.07. The Labute approximate surface area is 128 Å². The molecule has 1 aromatic carbocycles. The zero-order valence-electron chi connectivity index (χ0n) is 11.9. The highest BCUT2D eigenvalue weighted by Crippen LogP contribution is 2.28. The van der Waals surface area contributed by atoms with Gasteiger partial charge in [-0.1, -0.05) is 22.9 Å². The lowest BCUT2D eigenvalue weighted by Crippen LogP contribution is -2.45. The summed E-state index contributed by atoms with van der Waals surface area (Å²) in [7, 11) is 1.58. The molecule has 1 fully saturated rings. The minimum Gasteiger partial charge on any atom is -0.496 e. The minimum atomic E-state index is 0.0275.